The highest BCUT2D eigenvalue weighted by Gasteiger charge is 2.05. The number of rotatable bonds is 3. The molecule has 0 unspecified atom stereocenters. The highest BCUT2D eigenvalue weighted by Crippen LogP contribution is 2.09. The van der Waals surface area contributed by atoms with E-state index < -0.39 is 17.6 Å². The Labute approximate surface area is 131 Å². The zero-order valence-corrected chi connectivity index (χ0v) is 12.1. The molecule has 0 atom stereocenters. The quantitative estimate of drug-likeness (QED) is 0.675. The van der Waals surface area contributed by atoms with Crippen LogP contribution in [0.1, 0.15) is 15.9 Å². The van der Waals surface area contributed by atoms with Crippen molar-refractivity contribution in [2.75, 3.05) is 0 Å². The van der Waals surface area contributed by atoms with E-state index in [-0.39, 0.29) is 5.56 Å². The first-order valence-corrected chi connectivity index (χ1v) is 6.72. The van der Waals surface area contributed by atoms with E-state index in [9.17, 15) is 14.0 Å². The summed E-state index contributed by atoms with van der Waals surface area (Å²) >= 11 is 5.71. The van der Waals surface area contributed by atoms with Gasteiger partial charge in [-0.1, -0.05) is 29.8 Å². The van der Waals surface area contributed by atoms with E-state index in [0.717, 1.165) is 6.08 Å². The molecule has 2 N–H and O–H groups in total. The number of hydrazine groups is 1. The maximum absolute atomic E-state index is 13.3. The fourth-order valence-electron chi connectivity index (χ4n) is 1.61. The lowest BCUT2D eigenvalue weighted by Gasteiger charge is -2.05. The van der Waals surface area contributed by atoms with Gasteiger partial charge in [-0.2, -0.15) is 0 Å². The molecular formula is C16H12ClFN2O2. The molecule has 0 aromatic heterocycles. The molecule has 2 amide bonds. The summed E-state index contributed by atoms with van der Waals surface area (Å²) in [7, 11) is 0. The summed E-state index contributed by atoms with van der Waals surface area (Å²) in [6.07, 6.45) is 2.44. The maximum atomic E-state index is 13.3. The van der Waals surface area contributed by atoms with Crippen molar-refractivity contribution in [3.8, 4) is 0 Å². The van der Waals surface area contributed by atoms with Crippen molar-refractivity contribution in [3.05, 3.63) is 76.6 Å². The lowest BCUT2D eigenvalue weighted by Crippen LogP contribution is -2.40. The zero-order valence-electron chi connectivity index (χ0n) is 11.3. The summed E-state index contributed by atoms with van der Waals surface area (Å²) in [5, 5.41) is 0.508. The minimum absolute atomic E-state index is 0.279. The Balaban J connectivity index is 1.89. The van der Waals surface area contributed by atoms with Gasteiger partial charge in [0, 0.05) is 22.2 Å². The molecule has 2 aromatic carbocycles. The van der Waals surface area contributed by atoms with E-state index >= 15 is 0 Å². The van der Waals surface area contributed by atoms with Crippen LogP contribution in [0.15, 0.2) is 54.6 Å². The van der Waals surface area contributed by atoms with Crippen molar-refractivity contribution in [1.29, 1.82) is 0 Å². The van der Waals surface area contributed by atoms with Crippen molar-refractivity contribution < 1.29 is 14.0 Å². The van der Waals surface area contributed by atoms with Gasteiger partial charge in [-0.25, -0.2) is 4.39 Å². The van der Waals surface area contributed by atoms with E-state index in [1.807, 2.05) is 0 Å². The van der Waals surface area contributed by atoms with Gasteiger partial charge in [-0.15, -0.1) is 0 Å². The largest absolute Gasteiger partial charge is 0.269 e. The van der Waals surface area contributed by atoms with Gasteiger partial charge in [0.05, 0.1) is 0 Å². The van der Waals surface area contributed by atoms with Gasteiger partial charge in [0.1, 0.15) is 5.82 Å². The van der Waals surface area contributed by atoms with Crippen molar-refractivity contribution in [2.24, 2.45) is 0 Å². The summed E-state index contributed by atoms with van der Waals surface area (Å²) in [5.74, 6) is -1.49. The van der Waals surface area contributed by atoms with Gasteiger partial charge in [0.2, 0.25) is 0 Å². The lowest BCUT2D eigenvalue weighted by atomic mass is 10.2. The minimum Gasteiger partial charge on any atom is -0.268 e. The maximum Gasteiger partial charge on any atom is 0.269 e. The Kier molecular flexibility index (Phi) is 5.27. The van der Waals surface area contributed by atoms with Crippen LogP contribution in [0.4, 0.5) is 4.39 Å². The first kappa shape index (κ1) is 15.7. The van der Waals surface area contributed by atoms with Gasteiger partial charge in [0.25, 0.3) is 11.8 Å². The van der Waals surface area contributed by atoms with Gasteiger partial charge in [-0.05, 0) is 36.4 Å². The second-order valence-corrected chi connectivity index (χ2v) is 4.74. The second-order valence-electron chi connectivity index (χ2n) is 4.31. The molecule has 0 aliphatic carbocycles. The Morgan fingerprint density at radius 3 is 2.36 bits per heavy atom. The monoisotopic (exact) mass is 318 g/mol. The second kappa shape index (κ2) is 7.38. The molecule has 0 aliphatic heterocycles. The van der Waals surface area contributed by atoms with Gasteiger partial charge in [0.15, 0.2) is 0 Å². The zero-order chi connectivity index (χ0) is 15.9. The molecule has 2 rings (SSSR count). The topological polar surface area (TPSA) is 58.2 Å². The van der Waals surface area contributed by atoms with Crippen molar-refractivity contribution >= 4 is 29.5 Å². The van der Waals surface area contributed by atoms with E-state index in [4.69, 9.17) is 11.6 Å². The Morgan fingerprint density at radius 2 is 1.68 bits per heavy atom. The predicted octanol–water partition coefficient (Wildman–Crippen LogP) is 2.95. The van der Waals surface area contributed by atoms with Crippen molar-refractivity contribution in [3.63, 3.8) is 0 Å². The van der Waals surface area contributed by atoms with Crippen LogP contribution in [0, 0.1) is 5.82 Å². The number of halogens is 2. The molecule has 112 valence electrons. The summed E-state index contributed by atoms with van der Waals surface area (Å²) in [6.45, 7) is 0. The molecule has 4 nitrogen and oxygen atoms in total. The van der Waals surface area contributed by atoms with E-state index in [1.54, 1.807) is 24.3 Å². The van der Waals surface area contributed by atoms with Crippen LogP contribution in [-0.4, -0.2) is 11.8 Å². The molecule has 22 heavy (non-hydrogen) atoms. The van der Waals surface area contributed by atoms with Crippen molar-refractivity contribution in [2.45, 2.75) is 0 Å². The lowest BCUT2D eigenvalue weighted by molar-refractivity contribution is -0.117. The molecule has 2 aromatic rings. The molecule has 0 spiro atoms. The summed E-state index contributed by atoms with van der Waals surface area (Å²) in [5.41, 5.74) is 5.08. The number of amides is 2. The summed E-state index contributed by atoms with van der Waals surface area (Å²) < 4.78 is 13.3. The van der Waals surface area contributed by atoms with Crippen LogP contribution >= 0.6 is 11.6 Å². The van der Waals surface area contributed by atoms with Gasteiger partial charge >= 0.3 is 0 Å². The van der Waals surface area contributed by atoms with E-state index in [2.05, 4.69) is 10.9 Å². The molecule has 6 heteroatoms. The number of nitrogens with one attached hydrogen (secondary N) is 2. The summed E-state index contributed by atoms with van der Waals surface area (Å²) in [6, 6.07) is 12.2. The van der Waals surface area contributed by atoms with Crippen LogP contribution in [0.5, 0.6) is 0 Å². The fraction of sp³-hybridized carbons (Fsp3) is 0. The molecule has 0 saturated heterocycles. The van der Waals surface area contributed by atoms with Crippen LogP contribution in [0.25, 0.3) is 6.08 Å². The fourth-order valence-corrected chi connectivity index (χ4v) is 1.74. The molecule has 0 saturated carbocycles. The average molecular weight is 319 g/mol. The molecular weight excluding hydrogens is 307 g/mol. The third-order valence-electron chi connectivity index (χ3n) is 2.73. The first-order valence-electron chi connectivity index (χ1n) is 6.35. The average Bonchev–Trinajstić information content (AvgIpc) is 2.52. The highest BCUT2D eigenvalue weighted by molar-refractivity contribution is 6.30. The smallest absolute Gasteiger partial charge is 0.268 e. The third kappa shape index (κ3) is 4.43. The molecule has 0 radical (unpaired) electrons. The predicted molar refractivity (Wildman–Crippen MR) is 82.5 cm³/mol. The highest BCUT2D eigenvalue weighted by atomic mass is 35.5. The third-order valence-corrected chi connectivity index (χ3v) is 2.98. The molecule has 0 fully saturated rings. The van der Waals surface area contributed by atoms with E-state index in [0.29, 0.717) is 10.6 Å². The standard InChI is InChI=1S/C16H12ClFN2O2/c17-13-8-5-12(6-9-13)16(22)20-19-15(21)10-7-11-3-1-2-4-14(11)18/h1-10H,(H,19,21)(H,20,22)/b10-7+. The Hall–Kier alpha value is -2.66. The number of benzene rings is 2. The summed E-state index contributed by atoms with van der Waals surface area (Å²) in [4.78, 5) is 23.3. The number of hydrogen-bond acceptors (Lipinski definition) is 2. The number of carbonyl (C=O) groups excluding carboxylic acids is 2. The first-order chi connectivity index (χ1) is 10.6. The van der Waals surface area contributed by atoms with Crippen LogP contribution in [0.2, 0.25) is 5.02 Å². The van der Waals surface area contributed by atoms with Gasteiger partial charge in [-0.3, -0.25) is 20.4 Å². The van der Waals surface area contributed by atoms with Crippen LogP contribution in [-0.2, 0) is 4.79 Å². The van der Waals surface area contributed by atoms with Crippen LogP contribution < -0.4 is 10.9 Å². The number of hydrogen-bond donors (Lipinski definition) is 2. The Morgan fingerprint density at radius 1 is 1.00 bits per heavy atom. The molecule has 0 aliphatic rings. The molecule has 0 heterocycles. The van der Waals surface area contributed by atoms with Gasteiger partial charge < -0.3 is 0 Å². The van der Waals surface area contributed by atoms with Crippen LogP contribution in [0.3, 0.4) is 0 Å². The SMILES string of the molecule is O=C(/C=C/c1ccccc1F)NNC(=O)c1ccc(Cl)cc1. The normalized spacial score (nSPS) is 10.5. The van der Waals surface area contributed by atoms with Crippen molar-refractivity contribution in [1.82, 2.24) is 10.9 Å². The van der Waals surface area contributed by atoms with E-state index in [1.165, 1.54) is 30.3 Å². The minimum atomic E-state index is -0.578. The molecule has 0 bridgehead atoms. The number of carbonyl (C=O) groups is 2. The Bertz CT molecular complexity index is 714.